The predicted molar refractivity (Wildman–Crippen MR) is 82.8 cm³/mol. The first kappa shape index (κ1) is 17.0. The van der Waals surface area contributed by atoms with Crippen molar-refractivity contribution in [3.63, 3.8) is 0 Å². The molecule has 0 bridgehead atoms. The maximum Gasteiger partial charge on any atom is 0.259 e. The molecular weight excluding hydrogens is 301 g/mol. The van der Waals surface area contributed by atoms with Crippen molar-refractivity contribution in [3.8, 4) is 5.88 Å². The highest BCUT2D eigenvalue weighted by Gasteiger charge is 2.25. The number of carbonyl (C=O) groups is 1. The lowest BCUT2D eigenvalue weighted by Gasteiger charge is -2.20. The van der Waals surface area contributed by atoms with Crippen molar-refractivity contribution in [2.24, 2.45) is 7.05 Å². The molecule has 0 saturated carbocycles. The largest absolute Gasteiger partial charge is 0.481 e. The number of aryl methyl sites for hydroxylation is 2. The number of amides is 1. The van der Waals surface area contributed by atoms with Crippen molar-refractivity contribution in [2.45, 2.75) is 26.0 Å². The Bertz CT molecular complexity index is 697. The number of methoxy groups -OCH3 is 1. The average molecular weight is 321 g/mol. The molecule has 2 atom stereocenters. The topological polar surface area (TPSA) is 76.4 Å². The fraction of sp³-hybridized carbons (Fsp3) is 0.375. The number of rotatable bonds is 5. The van der Waals surface area contributed by atoms with E-state index in [1.54, 1.807) is 20.9 Å². The molecule has 0 fully saturated rings. The van der Waals surface area contributed by atoms with Crippen LogP contribution in [-0.2, 0) is 7.05 Å². The first-order valence-electron chi connectivity index (χ1n) is 7.17. The van der Waals surface area contributed by atoms with Gasteiger partial charge in [0.05, 0.1) is 24.9 Å². The van der Waals surface area contributed by atoms with Gasteiger partial charge in [-0.25, -0.2) is 9.07 Å². The highest BCUT2D eigenvalue weighted by molar-refractivity contribution is 5.97. The zero-order valence-corrected chi connectivity index (χ0v) is 13.5. The minimum atomic E-state index is -0.956. The minimum Gasteiger partial charge on any atom is -0.481 e. The van der Waals surface area contributed by atoms with E-state index in [1.807, 2.05) is 0 Å². The Morgan fingerprint density at radius 2 is 2.00 bits per heavy atom. The predicted octanol–water partition coefficient (Wildman–Crippen LogP) is 1.73. The van der Waals surface area contributed by atoms with Crippen molar-refractivity contribution in [1.29, 1.82) is 0 Å². The molecule has 1 aromatic carbocycles. The molecule has 6 nitrogen and oxygen atoms in total. The quantitative estimate of drug-likeness (QED) is 0.879. The van der Waals surface area contributed by atoms with E-state index in [9.17, 15) is 14.3 Å². The van der Waals surface area contributed by atoms with Crippen LogP contribution in [-0.4, -0.2) is 33.9 Å². The van der Waals surface area contributed by atoms with Gasteiger partial charge in [-0.15, -0.1) is 0 Å². The lowest BCUT2D eigenvalue weighted by molar-refractivity contribution is 0.0848. The average Bonchev–Trinajstić information content (AvgIpc) is 2.80. The third-order valence-electron chi connectivity index (χ3n) is 3.63. The monoisotopic (exact) mass is 321 g/mol. The molecule has 2 N–H and O–H groups in total. The van der Waals surface area contributed by atoms with Crippen LogP contribution >= 0.6 is 0 Å². The van der Waals surface area contributed by atoms with Crippen LogP contribution in [0.1, 0.15) is 34.6 Å². The fourth-order valence-electron chi connectivity index (χ4n) is 2.44. The number of halogens is 1. The number of hydrogen-bond acceptors (Lipinski definition) is 4. The van der Waals surface area contributed by atoms with Crippen LogP contribution in [0.4, 0.5) is 4.39 Å². The normalized spacial score (nSPS) is 13.5. The van der Waals surface area contributed by atoms with Crippen LogP contribution in [0.3, 0.4) is 0 Å². The third kappa shape index (κ3) is 3.50. The number of benzene rings is 1. The number of aromatic nitrogens is 2. The molecule has 2 rings (SSSR count). The van der Waals surface area contributed by atoms with Gasteiger partial charge in [-0.05, 0) is 31.5 Å². The number of aliphatic hydroxyl groups excluding tert-OH is 1. The van der Waals surface area contributed by atoms with E-state index in [2.05, 4.69) is 10.4 Å². The third-order valence-corrected chi connectivity index (χ3v) is 3.63. The maximum atomic E-state index is 12.9. The molecule has 1 aromatic heterocycles. The molecule has 7 heteroatoms. The second-order valence-electron chi connectivity index (χ2n) is 5.35. The van der Waals surface area contributed by atoms with Gasteiger partial charge >= 0.3 is 0 Å². The molecular formula is C16H20FN3O3. The SMILES string of the molecule is COc1c(C(=O)NC(C)C(O)c2ccc(F)cc2)c(C)nn1C. The first-order chi connectivity index (χ1) is 10.8. The molecule has 0 aliphatic heterocycles. The summed E-state index contributed by atoms with van der Waals surface area (Å²) in [6, 6.07) is 4.93. The van der Waals surface area contributed by atoms with Crippen LogP contribution in [0.25, 0.3) is 0 Å². The van der Waals surface area contributed by atoms with Crippen molar-refractivity contribution < 1.29 is 19.0 Å². The molecule has 1 amide bonds. The second kappa shape index (κ2) is 6.78. The minimum absolute atomic E-state index is 0.327. The van der Waals surface area contributed by atoms with Gasteiger partial charge in [-0.1, -0.05) is 12.1 Å². The van der Waals surface area contributed by atoms with Crippen LogP contribution in [0, 0.1) is 12.7 Å². The van der Waals surface area contributed by atoms with Gasteiger partial charge in [-0.2, -0.15) is 5.10 Å². The van der Waals surface area contributed by atoms with Crippen LogP contribution in [0.2, 0.25) is 0 Å². The van der Waals surface area contributed by atoms with E-state index in [-0.39, 0.29) is 11.7 Å². The summed E-state index contributed by atoms with van der Waals surface area (Å²) in [5.41, 5.74) is 1.38. The molecule has 124 valence electrons. The van der Waals surface area contributed by atoms with Gasteiger partial charge in [0.1, 0.15) is 11.4 Å². The summed E-state index contributed by atoms with van der Waals surface area (Å²) >= 11 is 0. The second-order valence-corrected chi connectivity index (χ2v) is 5.35. The van der Waals surface area contributed by atoms with E-state index in [0.717, 1.165) is 0 Å². The van der Waals surface area contributed by atoms with Crippen LogP contribution in [0.5, 0.6) is 5.88 Å². The summed E-state index contributed by atoms with van der Waals surface area (Å²) in [4.78, 5) is 12.4. The Kier molecular flexibility index (Phi) is 5.00. The molecule has 23 heavy (non-hydrogen) atoms. The van der Waals surface area contributed by atoms with Gasteiger partial charge < -0.3 is 15.2 Å². The zero-order valence-electron chi connectivity index (χ0n) is 13.5. The molecule has 0 saturated heterocycles. The molecule has 1 heterocycles. The zero-order chi connectivity index (χ0) is 17.1. The number of nitrogens with zero attached hydrogens (tertiary/aromatic N) is 2. The standard InChI is InChI=1S/C16H20FN3O3/c1-9-13(16(23-4)20(3)19-9)15(22)18-10(2)14(21)11-5-7-12(17)8-6-11/h5-8,10,14,21H,1-4H3,(H,18,22). The number of aliphatic hydroxyl groups is 1. The Morgan fingerprint density at radius 1 is 1.39 bits per heavy atom. The van der Waals surface area contributed by atoms with E-state index >= 15 is 0 Å². The molecule has 0 radical (unpaired) electrons. The number of ether oxygens (including phenoxy) is 1. The highest BCUT2D eigenvalue weighted by atomic mass is 19.1. The van der Waals surface area contributed by atoms with Crippen LogP contribution in [0.15, 0.2) is 24.3 Å². The van der Waals surface area contributed by atoms with Gasteiger partial charge in [0.15, 0.2) is 0 Å². The first-order valence-corrected chi connectivity index (χ1v) is 7.17. The maximum absolute atomic E-state index is 12.9. The van der Waals surface area contributed by atoms with Gasteiger partial charge in [0.2, 0.25) is 5.88 Å². The summed E-state index contributed by atoms with van der Waals surface area (Å²) in [5.74, 6) is -0.419. The molecule has 0 spiro atoms. The molecule has 0 aliphatic carbocycles. The Morgan fingerprint density at radius 3 is 2.57 bits per heavy atom. The highest BCUT2D eigenvalue weighted by Crippen LogP contribution is 2.22. The Hall–Kier alpha value is -2.41. The fourth-order valence-corrected chi connectivity index (χ4v) is 2.44. The van der Waals surface area contributed by atoms with Crippen molar-refractivity contribution >= 4 is 5.91 Å². The van der Waals surface area contributed by atoms with Gasteiger partial charge in [0, 0.05) is 7.05 Å². The summed E-state index contributed by atoms with van der Waals surface area (Å²) in [7, 11) is 3.14. The van der Waals surface area contributed by atoms with Gasteiger partial charge in [0.25, 0.3) is 5.91 Å². The van der Waals surface area contributed by atoms with Crippen molar-refractivity contribution in [2.75, 3.05) is 7.11 Å². The molecule has 2 unspecified atom stereocenters. The van der Waals surface area contributed by atoms with Gasteiger partial charge in [-0.3, -0.25) is 4.79 Å². The van der Waals surface area contributed by atoms with E-state index in [1.165, 1.54) is 36.1 Å². The Labute approximate surface area is 133 Å². The van der Waals surface area contributed by atoms with E-state index in [4.69, 9.17) is 4.74 Å². The van der Waals surface area contributed by atoms with E-state index in [0.29, 0.717) is 22.7 Å². The lowest BCUT2D eigenvalue weighted by Crippen LogP contribution is -2.37. The summed E-state index contributed by atoms with van der Waals surface area (Å²) < 4.78 is 19.6. The Balaban J connectivity index is 2.15. The summed E-state index contributed by atoms with van der Waals surface area (Å²) in [5, 5.41) is 17.2. The number of hydrogen-bond donors (Lipinski definition) is 2. The van der Waals surface area contributed by atoms with Crippen molar-refractivity contribution in [3.05, 3.63) is 46.9 Å². The summed E-state index contributed by atoms with van der Waals surface area (Å²) in [6.45, 7) is 3.38. The molecule has 2 aromatic rings. The molecule has 0 aliphatic rings. The van der Waals surface area contributed by atoms with E-state index < -0.39 is 12.1 Å². The smallest absolute Gasteiger partial charge is 0.259 e. The number of nitrogens with one attached hydrogen (secondary N) is 1. The van der Waals surface area contributed by atoms with Crippen molar-refractivity contribution in [1.82, 2.24) is 15.1 Å². The summed E-state index contributed by atoms with van der Waals surface area (Å²) in [6.07, 6.45) is -0.956. The number of carbonyl (C=O) groups excluding carboxylic acids is 1. The lowest BCUT2D eigenvalue weighted by atomic mass is 10.0. The van der Waals surface area contributed by atoms with Crippen LogP contribution < -0.4 is 10.1 Å².